The molecule has 5 amide bonds. The maximum Gasteiger partial charge on any atom is 0.326 e. The van der Waals surface area contributed by atoms with Crippen LogP contribution in [0.25, 0.3) is 0 Å². The van der Waals surface area contributed by atoms with Crippen LogP contribution < -0.4 is 38.5 Å². The smallest absolute Gasteiger partial charge is 0.326 e. The first-order valence-corrected chi connectivity index (χ1v) is 27.1. The fourth-order valence-electron chi connectivity index (χ4n) is 9.06. The summed E-state index contributed by atoms with van der Waals surface area (Å²) in [4.78, 5) is 148. The lowest BCUT2D eigenvalue weighted by atomic mass is 9.83. The number of aliphatic hydroxyl groups excluding tert-OH is 1. The van der Waals surface area contributed by atoms with Crippen molar-refractivity contribution in [2.24, 2.45) is 63.6 Å². The number of carboxylic acid groups (broad SMARTS) is 1. The highest BCUT2D eigenvalue weighted by Crippen LogP contribution is 2.25. The van der Waals surface area contributed by atoms with Gasteiger partial charge in [-0.3, -0.25) is 48.1 Å². The molecule has 1 aromatic heterocycles. The Balaban J connectivity index is 1.87. The number of aliphatic carboxylic acids is 1. The number of aromatic hydroxyl groups is 1. The van der Waals surface area contributed by atoms with Gasteiger partial charge in [-0.05, 0) is 61.3 Å². The van der Waals surface area contributed by atoms with Crippen molar-refractivity contribution in [1.29, 1.82) is 0 Å². The van der Waals surface area contributed by atoms with Crippen molar-refractivity contribution in [3.63, 3.8) is 0 Å². The van der Waals surface area contributed by atoms with Gasteiger partial charge in [0.25, 0.3) is 0 Å². The molecule has 10 unspecified atom stereocenters. The molecule has 23 heteroatoms. The van der Waals surface area contributed by atoms with E-state index in [2.05, 4.69) is 36.2 Å². The van der Waals surface area contributed by atoms with E-state index in [0.717, 1.165) is 0 Å². The number of Topliss-reactive ketones (excluding diaryl/α,β-unsaturated/α-hetero) is 4. The highest BCUT2D eigenvalue weighted by atomic mass is 16.4. The highest BCUT2D eigenvalue weighted by molar-refractivity contribution is 5.99. The maximum atomic E-state index is 14.5. The van der Waals surface area contributed by atoms with Crippen LogP contribution in [0, 0.1) is 41.4 Å². The molecule has 23 nitrogen and oxygen atoms in total. The van der Waals surface area contributed by atoms with E-state index in [4.69, 9.17) is 17.2 Å². The van der Waals surface area contributed by atoms with Gasteiger partial charge in [-0.2, -0.15) is 0 Å². The minimum Gasteiger partial charge on any atom is -0.508 e. The van der Waals surface area contributed by atoms with Crippen molar-refractivity contribution in [2.75, 3.05) is 6.54 Å². The molecule has 438 valence electrons. The van der Waals surface area contributed by atoms with Crippen molar-refractivity contribution in [1.82, 2.24) is 31.2 Å². The summed E-state index contributed by atoms with van der Waals surface area (Å²) in [6, 6.07) is 8.90. The first kappa shape index (κ1) is 66.5. The SMILES string of the molecule is CC[C@@H](C)C(CC(=O)C(CC(N)=O)NC(=O)C(CC(=O)C(Cc1cnc[nH]1)NC(=O)C(C)CC(=O)C(C)CCCN=C(N)N)Cc1ccc(O)cc1)C(=O)NC(C(=O)CC(C(=O)NC(Cc1ccccc1)C(=O)O)C(C)O)C(C)C. The number of H-pyrrole nitrogens is 1. The number of aliphatic imine (C=N–C) groups is 1. The van der Waals surface area contributed by atoms with E-state index in [-0.39, 0.29) is 43.2 Å². The zero-order valence-corrected chi connectivity index (χ0v) is 46.8. The number of rotatable bonds is 37. The summed E-state index contributed by atoms with van der Waals surface area (Å²) < 4.78 is 0. The number of carbonyl (C=O) groups excluding carboxylic acids is 9. The van der Waals surface area contributed by atoms with Crippen LogP contribution in [-0.2, 0) is 67.2 Å². The number of hydrogen-bond acceptors (Lipinski definition) is 14. The molecule has 3 aromatic rings. The van der Waals surface area contributed by atoms with Crippen molar-refractivity contribution < 1.29 is 63.3 Å². The second-order valence-electron chi connectivity index (χ2n) is 21.2. The van der Waals surface area contributed by atoms with E-state index in [0.29, 0.717) is 42.6 Å². The van der Waals surface area contributed by atoms with Crippen molar-refractivity contribution >= 4 is 64.6 Å². The average Bonchev–Trinajstić information content (AvgIpc) is 3.92. The van der Waals surface area contributed by atoms with Gasteiger partial charge in [0, 0.05) is 80.6 Å². The fraction of sp³-hybridized carbons (Fsp3) is 0.544. The number of ketones is 4. The number of aromatic nitrogens is 2. The average molecular weight is 1120 g/mol. The number of aliphatic hydroxyl groups is 1. The molecular weight excluding hydrogens is 1030 g/mol. The first-order valence-electron chi connectivity index (χ1n) is 27.1. The number of nitrogens with two attached hydrogens (primary N) is 3. The van der Waals surface area contributed by atoms with E-state index in [1.165, 1.54) is 43.7 Å². The van der Waals surface area contributed by atoms with Gasteiger partial charge in [-0.15, -0.1) is 0 Å². The molecule has 0 fully saturated rings. The predicted octanol–water partition coefficient (Wildman–Crippen LogP) is 2.14. The standard InChI is InChI=1S/C57H82N10O13/c1-8-32(4)41(54(77)67-51(31(2)3)49(73)27-42(35(7)68)55(78)66-45(56(79)80)23-36-14-10-9-11-15-36)26-48(72)44(28-50(58)74)65-53(76)38(22-37-16-18-40(69)19-17-37)24-47(71)43(25-39-29-61-30-63-39)64-52(75)34(6)21-46(70)33(5)13-12-20-62-57(59)60/h9-11,14-19,29-35,38,41-45,51,68-69H,8,12-13,20-28H2,1-7H3,(H2,58,74)(H,61,63)(H,64,75)(H,65,76)(H,66,78)(H,67,77)(H,79,80)(H4,59,60,62)/t32-,33?,34?,35?,38?,41?,42?,43?,44?,45?,51?/m1/s1. The molecule has 11 atom stereocenters. The van der Waals surface area contributed by atoms with Crippen molar-refractivity contribution in [3.05, 3.63) is 83.9 Å². The van der Waals surface area contributed by atoms with E-state index < -0.39 is 150 Å². The van der Waals surface area contributed by atoms with Gasteiger partial charge in [-0.25, -0.2) is 9.78 Å². The second kappa shape index (κ2) is 32.9. The lowest BCUT2D eigenvalue weighted by molar-refractivity contribution is -0.144. The Labute approximate surface area is 466 Å². The summed E-state index contributed by atoms with van der Waals surface area (Å²) in [5.41, 5.74) is 18.0. The number of carboxylic acids is 1. The molecule has 0 aliphatic rings. The topological polar surface area (TPSA) is 399 Å². The van der Waals surface area contributed by atoms with Crippen LogP contribution in [0.15, 0.2) is 72.1 Å². The predicted molar refractivity (Wildman–Crippen MR) is 297 cm³/mol. The maximum absolute atomic E-state index is 14.5. The van der Waals surface area contributed by atoms with Crippen LogP contribution in [0.3, 0.4) is 0 Å². The Hall–Kier alpha value is -7.82. The van der Waals surface area contributed by atoms with Gasteiger partial charge in [0.1, 0.15) is 17.6 Å². The summed E-state index contributed by atoms with van der Waals surface area (Å²) in [6.45, 7) is 11.7. The van der Waals surface area contributed by atoms with Crippen LogP contribution in [-0.4, -0.2) is 127 Å². The third-order valence-corrected chi connectivity index (χ3v) is 14.3. The van der Waals surface area contributed by atoms with Crippen LogP contribution in [0.2, 0.25) is 0 Å². The molecule has 2 aromatic carbocycles. The van der Waals surface area contributed by atoms with Gasteiger partial charge in [-0.1, -0.05) is 90.4 Å². The molecule has 0 aliphatic heterocycles. The van der Waals surface area contributed by atoms with Gasteiger partial charge >= 0.3 is 5.97 Å². The number of primary amides is 1. The number of imidazole rings is 1. The van der Waals surface area contributed by atoms with Crippen LogP contribution in [0.1, 0.15) is 117 Å². The minimum absolute atomic E-state index is 0.0637. The minimum atomic E-state index is -1.60. The molecular formula is C57H82N10O13. The molecule has 1 heterocycles. The Morgan fingerprint density at radius 1 is 0.625 bits per heavy atom. The number of aromatic amines is 1. The number of benzene rings is 2. The zero-order valence-electron chi connectivity index (χ0n) is 46.8. The summed E-state index contributed by atoms with van der Waals surface area (Å²) >= 11 is 0. The van der Waals surface area contributed by atoms with Gasteiger partial charge in [0.15, 0.2) is 23.3 Å². The summed E-state index contributed by atoms with van der Waals surface area (Å²) in [5.74, 6) is -13.9. The fourth-order valence-corrected chi connectivity index (χ4v) is 9.06. The van der Waals surface area contributed by atoms with Crippen LogP contribution in [0.5, 0.6) is 5.75 Å². The normalized spacial score (nSPS) is 15.4. The molecule has 0 saturated heterocycles. The molecule has 0 saturated carbocycles. The lowest BCUT2D eigenvalue weighted by Crippen LogP contribution is -2.52. The van der Waals surface area contributed by atoms with Crippen LogP contribution >= 0.6 is 0 Å². The van der Waals surface area contributed by atoms with Gasteiger partial charge in [0.05, 0.1) is 42.9 Å². The number of guanidine groups is 1. The van der Waals surface area contributed by atoms with Gasteiger partial charge < -0.3 is 58.8 Å². The molecule has 3 rings (SSSR count). The molecule has 0 aliphatic carbocycles. The Kier molecular flexibility index (Phi) is 27.4. The highest BCUT2D eigenvalue weighted by Gasteiger charge is 2.38. The Morgan fingerprint density at radius 3 is 1.77 bits per heavy atom. The number of phenols is 1. The van der Waals surface area contributed by atoms with E-state index in [1.54, 1.807) is 71.9 Å². The third-order valence-electron chi connectivity index (χ3n) is 14.3. The molecule has 80 heavy (non-hydrogen) atoms. The molecule has 14 N–H and O–H groups in total. The number of nitrogens with one attached hydrogen (secondary N) is 5. The molecule has 0 spiro atoms. The van der Waals surface area contributed by atoms with Crippen LogP contribution in [0.4, 0.5) is 0 Å². The number of amides is 5. The number of phenolic OH excluding ortho intramolecular Hbond substituents is 1. The Morgan fingerprint density at radius 2 is 1.21 bits per heavy atom. The van der Waals surface area contributed by atoms with E-state index in [1.807, 2.05) is 0 Å². The summed E-state index contributed by atoms with van der Waals surface area (Å²) in [6.07, 6.45) is 0.0507. The second-order valence-corrected chi connectivity index (χ2v) is 21.2. The largest absolute Gasteiger partial charge is 0.508 e. The van der Waals surface area contributed by atoms with Crippen molar-refractivity contribution in [2.45, 2.75) is 149 Å². The van der Waals surface area contributed by atoms with E-state index >= 15 is 0 Å². The number of hydrogen-bond donors (Lipinski definition) is 11. The van der Waals surface area contributed by atoms with E-state index in [9.17, 15) is 63.3 Å². The monoisotopic (exact) mass is 1110 g/mol. The van der Waals surface area contributed by atoms with Gasteiger partial charge in [0.2, 0.25) is 29.5 Å². The first-order chi connectivity index (χ1) is 37.7. The third kappa shape index (κ3) is 22.5. The summed E-state index contributed by atoms with van der Waals surface area (Å²) in [5, 5.41) is 41.1. The summed E-state index contributed by atoms with van der Waals surface area (Å²) in [7, 11) is 0. The molecule has 0 bridgehead atoms. The molecule has 0 radical (unpaired) electrons. The number of carbonyl (C=O) groups is 10. The number of nitrogens with zero attached hydrogens (tertiary/aromatic N) is 2. The quantitative estimate of drug-likeness (QED) is 0.0224. The zero-order chi connectivity index (χ0) is 59.8. The van der Waals surface area contributed by atoms with Crippen molar-refractivity contribution in [3.8, 4) is 5.75 Å². The lowest BCUT2D eigenvalue weighted by Gasteiger charge is -2.29. The Bertz CT molecular complexity index is 2590.